The molecule has 0 bridgehead atoms. The fraction of sp³-hybridized carbons (Fsp3) is 0.333. The van der Waals surface area contributed by atoms with Crippen molar-refractivity contribution in [2.75, 3.05) is 11.9 Å². The van der Waals surface area contributed by atoms with Crippen LogP contribution in [0, 0.1) is 0 Å². The number of anilines is 1. The van der Waals surface area contributed by atoms with Gasteiger partial charge in [0.05, 0.1) is 5.69 Å². The Morgan fingerprint density at radius 1 is 1.38 bits per heavy atom. The minimum atomic E-state index is -0.0870. The average molecular weight is 426 g/mol. The first-order valence-corrected chi connectivity index (χ1v) is 10.1. The van der Waals surface area contributed by atoms with Gasteiger partial charge in [-0.2, -0.15) is 0 Å². The van der Waals surface area contributed by atoms with E-state index in [-0.39, 0.29) is 5.56 Å². The van der Waals surface area contributed by atoms with Crippen LogP contribution in [0.15, 0.2) is 38.0 Å². The standard InChI is InChI=1S/C15H16BrN5OS2/c1-2-3-6-17-14-19-20-15(24-14)23-9-11-7-13(22)21-8-10(16)4-5-12(21)18-11/h4-5,7-8H,2-3,6,9H2,1H3,(H,17,19). The second kappa shape index (κ2) is 8.09. The van der Waals surface area contributed by atoms with Crippen molar-refractivity contribution in [3.05, 3.63) is 44.9 Å². The SMILES string of the molecule is CCCCNc1nnc(SCc2cc(=O)n3cc(Br)ccc3n2)s1. The number of thioether (sulfide) groups is 1. The molecule has 0 spiro atoms. The van der Waals surface area contributed by atoms with Gasteiger partial charge in [-0.05, 0) is 34.5 Å². The minimum Gasteiger partial charge on any atom is -0.360 e. The van der Waals surface area contributed by atoms with Crippen molar-refractivity contribution in [1.82, 2.24) is 19.6 Å². The number of hydrogen-bond acceptors (Lipinski definition) is 7. The molecule has 9 heteroatoms. The number of pyridine rings is 1. The minimum absolute atomic E-state index is 0.0870. The molecule has 126 valence electrons. The summed E-state index contributed by atoms with van der Waals surface area (Å²) < 4.78 is 3.24. The third-order valence-electron chi connectivity index (χ3n) is 3.23. The maximum absolute atomic E-state index is 12.2. The molecule has 0 saturated heterocycles. The number of hydrogen-bond donors (Lipinski definition) is 1. The predicted molar refractivity (Wildman–Crippen MR) is 102 cm³/mol. The lowest BCUT2D eigenvalue weighted by molar-refractivity contribution is 0.830. The van der Waals surface area contributed by atoms with E-state index in [2.05, 4.69) is 43.4 Å². The van der Waals surface area contributed by atoms with Crippen molar-refractivity contribution in [3.8, 4) is 0 Å². The van der Waals surface area contributed by atoms with Crippen LogP contribution in [0.1, 0.15) is 25.5 Å². The van der Waals surface area contributed by atoms with Crippen LogP contribution in [0.2, 0.25) is 0 Å². The Morgan fingerprint density at radius 2 is 2.25 bits per heavy atom. The first kappa shape index (κ1) is 17.4. The second-order valence-corrected chi connectivity index (χ2v) is 8.22. The van der Waals surface area contributed by atoms with Gasteiger partial charge in [0.15, 0.2) is 4.34 Å². The third kappa shape index (κ3) is 4.34. The van der Waals surface area contributed by atoms with Crippen LogP contribution < -0.4 is 10.9 Å². The van der Waals surface area contributed by atoms with Crippen molar-refractivity contribution in [2.24, 2.45) is 0 Å². The van der Waals surface area contributed by atoms with Crippen LogP contribution in [0.3, 0.4) is 0 Å². The van der Waals surface area contributed by atoms with E-state index in [0.29, 0.717) is 11.4 Å². The third-order valence-corrected chi connectivity index (χ3v) is 5.75. The Kier molecular flexibility index (Phi) is 5.85. The zero-order valence-electron chi connectivity index (χ0n) is 13.0. The molecule has 0 radical (unpaired) electrons. The highest BCUT2D eigenvalue weighted by Crippen LogP contribution is 2.27. The zero-order chi connectivity index (χ0) is 16.9. The number of aromatic nitrogens is 4. The van der Waals surface area contributed by atoms with Crippen LogP contribution in [0.5, 0.6) is 0 Å². The van der Waals surface area contributed by atoms with Gasteiger partial charge in [-0.15, -0.1) is 10.2 Å². The summed E-state index contributed by atoms with van der Waals surface area (Å²) in [7, 11) is 0. The van der Waals surface area contributed by atoms with E-state index >= 15 is 0 Å². The largest absolute Gasteiger partial charge is 0.360 e. The summed E-state index contributed by atoms with van der Waals surface area (Å²) in [4.78, 5) is 16.7. The maximum Gasteiger partial charge on any atom is 0.258 e. The van der Waals surface area contributed by atoms with Gasteiger partial charge in [0.25, 0.3) is 5.56 Å². The normalized spacial score (nSPS) is 11.1. The molecule has 0 aliphatic carbocycles. The summed E-state index contributed by atoms with van der Waals surface area (Å²) in [5.74, 6) is 0.589. The molecule has 3 heterocycles. The van der Waals surface area contributed by atoms with E-state index in [9.17, 15) is 4.79 Å². The molecule has 0 saturated carbocycles. The van der Waals surface area contributed by atoms with Gasteiger partial charge in [-0.1, -0.05) is 36.4 Å². The summed E-state index contributed by atoms with van der Waals surface area (Å²) >= 11 is 6.42. The first-order valence-electron chi connectivity index (χ1n) is 7.53. The number of halogens is 1. The zero-order valence-corrected chi connectivity index (χ0v) is 16.2. The summed E-state index contributed by atoms with van der Waals surface area (Å²) in [5.41, 5.74) is 1.29. The summed E-state index contributed by atoms with van der Waals surface area (Å²) in [5, 5.41) is 12.4. The number of unbranched alkanes of at least 4 members (excludes halogenated alkanes) is 1. The molecule has 0 amide bonds. The van der Waals surface area contributed by atoms with E-state index in [0.717, 1.165) is 39.0 Å². The molecule has 1 N–H and O–H groups in total. The Bertz CT molecular complexity index is 895. The molecule has 0 unspecified atom stereocenters. The van der Waals surface area contributed by atoms with Gasteiger partial charge < -0.3 is 5.32 Å². The van der Waals surface area contributed by atoms with Crippen molar-refractivity contribution in [3.63, 3.8) is 0 Å². The lowest BCUT2D eigenvalue weighted by atomic mass is 10.3. The Morgan fingerprint density at radius 3 is 3.08 bits per heavy atom. The Hall–Kier alpha value is -1.45. The van der Waals surface area contributed by atoms with E-state index in [1.807, 2.05) is 12.1 Å². The van der Waals surface area contributed by atoms with Gasteiger partial charge in [0.1, 0.15) is 5.65 Å². The van der Waals surface area contributed by atoms with Gasteiger partial charge in [0, 0.05) is 29.0 Å². The van der Waals surface area contributed by atoms with Gasteiger partial charge in [0.2, 0.25) is 5.13 Å². The fourth-order valence-corrected chi connectivity index (χ4v) is 4.05. The molecule has 3 rings (SSSR count). The number of nitrogens with one attached hydrogen (secondary N) is 1. The fourth-order valence-electron chi connectivity index (χ4n) is 2.05. The van der Waals surface area contributed by atoms with E-state index in [4.69, 9.17) is 0 Å². The Balaban J connectivity index is 1.67. The van der Waals surface area contributed by atoms with Crippen LogP contribution in [-0.2, 0) is 5.75 Å². The molecule has 0 atom stereocenters. The molecular weight excluding hydrogens is 410 g/mol. The quantitative estimate of drug-likeness (QED) is 0.458. The van der Waals surface area contributed by atoms with Crippen LogP contribution in [0.4, 0.5) is 5.13 Å². The first-order chi connectivity index (χ1) is 11.7. The second-order valence-electron chi connectivity index (χ2n) is 5.10. The van der Waals surface area contributed by atoms with E-state index in [1.165, 1.54) is 27.5 Å². The smallest absolute Gasteiger partial charge is 0.258 e. The average Bonchev–Trinajstić information content (AvgIpc) is 3.02. The number of rotatable bonds is 7. The maximum atomic E-state index is 12.2. The monoisotopic (exact) mass is 425 g/mol. The van der Waals surface area contributed by atoms with Crippen LogP contribution in [0.25, 0.3) is 5.65 Å². The highest BCUT2D eigenvalue weighted by Gasteiger charge is 2.07. The van der Waals surface area contributed by atoms with Crippen molar-refractivity contribution >= 4 is 49.8 Å². The summed E-state index contributed by atoms with van der Waals surface area (Å²) in [6.45, 7) is 3.06. The van der Waals surface area contributed by atoms with Crippen LogP contribution in [-0.4, -0.2) is 26.1 Å². The molecule has 0 aliphatic heterocycles. The predicted octanol–water partition coefficient (Wildman–Crippen LogP) is 3.81. The topological polar surface area (TPSA) is 72.2 Å². The molecule has 3 aromatic rings. The van der Waals surface area contributed by atoms with E-state index in [1.54, 1.807) is 12.3 Å². The molecule has 6 nitrogen and oxygen atoms in total. The Labute approximate surface area is 155 Å². The van der Waals surface area contributed by atoms with Crippen molar-refractivity contribution < 1.29 is 0 Å². The molecule has 0 fully saturated rings. The van der Waals surface area contributed by atoms with Crippen LogP contribution >= 0.6 is 39.0 Å². The molecule has 0 aromatic carbocycles. The molecule has 3 aromatic heterocycles. The van der Waals surface area contributed by atoms with Gasteiger partial charge >= 0.3 is 0 Å². The molecular formula is C15H16BrN5OS2. The number of fused-ring (bicyclic) bond motifs is 1. The van der Waals surface area contributed by atoms with E-state index < -0.39 is 0 Å². The lowest BCUT2D eigenvalue weighted by Crippen LogP contribution is -2.15. The summed E-state index contributed by atoms with van der Waals surface area (Å²) in [6.07, 6.45) is 3.98. The summed E-state index contributed by atoms with van der Waals surface area (Å²) in [6, 6.07) is 5.26. The number of nitrogens with zero attached hydrogens (tertiary/aromatic N) is 4. The van der Waals surface area contributed by atoms with Gasteiger partial charge in [-0.3, -0.25) is 9.20 Å². The lowest BCUT2D eigenvalue weighted by Gasteiger charge is -2.03. The van der Waals surface area contributed by atoms with Crippen molar-refractivity contribution in [1.29, 1.82) is 0 Å². The highest BCUT2D eigenvalue weighted by atomic mass is 79.9. The van der Waals surface area contributed by atoms with Crippen molar-refractivity contribution in [2.45, 2.75) is 29.9 Å². The molecule has 24 heavy (non-hydrogen) atoms. The molecule has 0 aliphatic rings. The van der Waals surface area contributed by atoms with Gasteiger partial charge in [-0.25, -0.2) is 4.98 Å². The highest BCUT2D eigenvalue weighted by molar-refractivity contribution is 9.10.